The van der Waals surface area contributed by atoms with Gasteiger partial charge in [-0.15, -0.1) is 0 Å². The molecule has 104 valence electrons. The summed E-state index contributed by atoms with van der Waals surface area (Å²) in [5.41, 5.74) is 1.04. The molecule has 1 aromatic rings. The van der Waals surface area contributed by atoms with Crippen LogP contribution in [0.3, 0.4) is 0 Å². The summed E-state index contributed by atoms with van der Waals surface area (Å²) in [7, 11) is -0.903. The van der Waals surface area contributed by atoms with Gasteiger partial charge < -0.3 is 9.05 Å². The first-order valence-corrected chi connectivity index (χ1v) is 8.22. The summed E-state index contributed by atoms with van der Waals surface area (Å²) in [6.45, 7) is 7.48. The third-order valence-electron chi connectivity index (χ3n) is 3.99. The average molecular weight is 279 g/mol. The third kappa shape index (κ3) is 2.34. The van der Waals surface area contributed by atoms with Gasteiger partial charge in [0.2, 0.25) is 0 Å². The van der Waals surface area contributed by atoms with Crippen molar-refractivity contribution in [3.05, 3.63) is 35.9 Å². The lowest BCUT2D eigenvalue weighted by molar-refractivity contribution is 0.0752. The molecule has 3 nitrogen and oxygen atoms in total. The number of rotatable bonds is 3. The number of fused-ring (bicyclic) bond motifs is 1. The van der Waals surface area contributed by atoms with Crippen LogP contribution in [0.4, 0.5) is 0 Å². The fraction of sp³-hybridized carbons (Fsp3) is 0.600. The van der Waals surface area contributed by atoms with E-state index in [1.165, 1.54) is 18.4 Å². The molecule has 1 aromatic carbocycles. The van der Waals surface area contributed by atoms with Crippen molar-refractivity contribution in [2.45, 2.75) is 51.4 Å². The third-order valence-corrected chi connectivity index (χ3v) is 6.02. The lowest BCUT2D eigenvalue weighted by Crippen LogP contribution is -2.36. The quantitative estimate of drug-likeness (QED) is 0.779. The van der Waals surface area contributed by atoms with Crippen LogP contribution in [0, 0.1) is 0 Å². The molecule has 3 rings (SSSR count). The highest BCUT2D eigenvalue weighted by Gasteiger charge is 2.54. The fourth-order valence-electron chi connectivity index (χ4n) is 3.06. The SMILES string of the molecule is CC(C)O[P@]1O[C@](C)(c2ccccc2)[C@@H]2CCCN21. The lowest BCUT2D eigenvalue weighted by Gasteiger charge is -2.29. The number of benzene rings is 1. The van der Waals surface area contributed by atoms with E-state index in [4.69, 9.17) is 9.05 Å². The maximum atomic E-state index is 6.38. The minimum absolute atomic E-state index is 0.213. The van der Waals surface area contributed by atoms with Crippen LogP contribution >= 0.6 is 8.53 Å². The zero-order valence-electron chi connectivity index (χ0n) is 11.9. The molecule has 0 radical (unpaired) electrons. The molecule has 0 unspecified atom stereocenters. The van der Waals surface area contributed by atoms with E-state index in [1.807, 2.05) is 0 Å². The zero-order valence-corrected chi connectivity index (χ0v) is 12.8. The zero-order chi connectivity index (χ0) is 13.5. The second kappa shape index (κ2) is 5.14. The monoisotopic (exact) mass is 279 g/mol. The smallest absolute Gasteiger partial charge is 0.260 e. The van der Waals surface area contributed by atoms with Crippen LogP contribution in [0.1, 0.15) is 39.2 Å². The molecule has 0 amide bonds. The lowest BCUT2D eigenvalue weighted by atomic mass is 9.87. The van der Waals surface area contributed by atoms with E-state index in [-0.39, 0.29) is 11.7 Å². The van der Waals surface area contributed by atoms with Gasteiger partial charge in [0, 0.05) is 6.54 Å². The van der Waals surface area contributed by atoms with Crippen molar-refractivity contribution in [2.75, 3.05) is 6.54 Å². The molecule has 0 bridgehead atoms. The first-order chi connectivity index (χ1) is 9.11. The Kier molecular flexibility index (Phi) is 3.65. The van der Waals surface area contributed by atoms with E-state index in [0.717, 1.165) is 6.54 Å². The Bertz CT molecular complexity index is 439. The van der Waals surface area contributed by atoms with E-state index < -0.39 is 8.53 Å². The first-order valence-electron chi connectivity index (χ1n) is 7.09. The molecule has 0 saturated carbocycles. The molecule has 0 aromatic heterocycles. The van der Waals surface area contributed by atoms with Crippen molar-refractivity contribution >= 4 is 8.53 Å². The molecule has 2 aliphatic rings. The van der Waals surface area contributed by atoms with Gasteiger partial charge in [-0.2, -0.15) is 0 Å². The Hall–Kier alpha value is -0.470. The van der Waals surface area contributed by atoms with Crippen LogP contribution in [0.25, 0.3) is 0 Å². The van der Waals surface area contributed by atoms with Gasteiger partial charge in [0.05, 0.1) is 12.1 Å². The number of hydrogen-bond donors (Lipinski definition) is 0. The van der Waals surface area contributed by atoms with E-state index in [0.29, 0.717) is 6.04 Å². The van der Waals surface area contributed by atoms with Crippen molar-refractivity contribution in [3.63, 3.8) is 0 Å². The van der Waals surface area contributed by atoms with Crippen molar-refractivity contribution in [1.29, 1.82) is 0 Å². The van der Waals surface area contributed by atoms with Crippen LogP contribution in [-0.2, 0) is 14.6 Å². The highest BCUT2D eigenvalue weighted by molar-refractivity contribution is 7.45. The Morgan fingerprint density at radius 1 is 1.37 bits per heavy atom. The second-order valence-corrected chi connectivity index (χ2v) is 7.16. The predicted molar refractivity (Wildman–Crippen MR) is 77.7 cm³/mol. The molecule has 0 spiro atoms. The molecule has 3 atom stereocenters. The van der Waals surface area contributed by atoms with Gasteiger partial charge in [-0.1, -0.05) is 30.3 Å². The Labute approximate surface area is 116 Å². The van der Waals surface area contributed by atoms with Gasteiger partial charge in [-0.25, -0.2) is 4.67 Å². The van der Waals surface area contributed by atoms with Gasteiger partial charge in [-0.3, -0.25) is 0 Å². The van der Waals surface area contributed by atoms with Crippen molar-refractivity contribution in [1.82, 2.24) is 4.67 Å². The van der Waals surface area contributed by atoms with Crippen LogP contribution in [0.5, 0.6) is 0 Å². The molecular formula is C15H22NO2P. The maximum absolute atomic E-state index is 6.38. The highest BCUT2D eigenvalue weighted by atomic mass is 31.2. The van der Waals surface area contributed by atoms with Gasteiger partial charge in [0.1, 0.15) is 5.60 Å². The normalized spacial score (nSPS) is 34.9. The molecule has 2 fully saturated rings. The van der Waals surface area contributed by atoms with Crippen LogP contribution < -0.4 is 0 Å². The molecule has 0 aliphatic carbocycles. The van der Waals surface area contributed by atoms with Crippen molar-refractivity contribution < 1.29 is 9.05 Å². The standard InChI is InChI=1S/C15H22NO2P/c1-12(2)17-19-16-11-7-10-14(16)15(3,18-19)13-8-5-4-6-9-13/h4-6,8-9,12,14H,7,10-11H2,1-3H3/t14-,15+,19+/m0/s1. The van der Waals surface area contributed by atoms with E-state index >= 15 is 0 Å². The van der Waals surface area contributed by atoms with Crippen molar-refractivity contribution in [3.8, 4) is 0 Å². The average Bonchev–Trinajstić information content (AvgIpc) is 2.96. The Morgan fingerprint density at radius 2 is 2.11 bits per heavy atom. The summed E-state index contributed by atoms with van der Waals surface area (Å²) in [5, 5.41) is 0. The molecule has 4 heteroatoms. The van der Waals surface area contributed by atoms with Crippen molar-refractivity contribution in [2.24, 2.45) is 0 Å². The molecule has 0 N–H and O–H groups in total. The van der Waals surface area contributed by atoms with Crippen LogP contribution in [-0.4, -0.2) is 23.4 Å². The maximum Gasteiger partial charge on any atom is 0.260 e. The van der Waals surface area contributed by atoms with E-state index in [2.05, 4.69) is 55.8 Å². The number of hydrogen-bond acceptors (Lipinski definition) is 3. The van der Waals surface area contributed by atoms with Gasteiger partial charge in [0.15, 0.2) is 0 Å². The predicted octanol–water partition coefficient (Wildman–Crippen LogP) is 4.05. The molecule has 2 heterocycles. The Balaban J connectivity index is 1.90. The molecule has 19 heavy (non-hydrogen) atoms. The minimum atomic E-state index is -0.903. The van der Waals surface area contributed by atoms with E-state index in [1.54, 1.807) is 0 Å². The van der Waals surface area contributed by atoms with E-state index in [9.17, 15) is 0 Å². The van der Waals surface area contributed by atoms with Gasteiger partial charge in [0.25, 0.3) is 8.53 Å². The summed E-state index contributed by atoms with van der Waals surface area (Å²) in [5.74, 6) is 0. The topological polar surface area (TPSA) is 21.7 Å². The molecule has 2 aliphatic heterocycles. The highest BCUT2D eigenvalue weighted by Crippen LogP contribution is 2.63. The fourth-order valence-corrected chi connectivity index (χ4v) is 5.11. The van der Waals surface area contributed by atoms with Gasteiger partial charge >= 0.3 is 0 Å². The van der Waals surface area contributed by atoms with Gasteiger partial charge in [-0.05, 0) is 39.2 Å². The molecular weight excluding hydrogens is 257 g/mol. The largest absolute Gasteiger partial charge is 0.319 e. The molecule has 2 saturated heterocycles. The summed E-state index contributed by atoms with van der Waals surface area (Å²) >= 11 is 0. The first kappa shape index (κ1) is 13.5. The van der Waals surface area contributed by atoms with Crippen LogP contribution in [0.2, 0.25) is 0 Å². The summed E-state index contributed by atoms with van der Waals surface area (Å²) < 4.78 is 14.8. The van der Waals surface area contributed by atoms with Crippen LogP contribution in [0.15, 0.2) is 30.3 Å². The second-order valence-electron chi connectivity index (χ2n) is 5.78. The summed E-state index contributed by atoms with van der Waals surface area (Å²) in [4.78, 5) is 0. The minimum Gasteiger partial charge on any atom is -0.319 e. The number of nitrogens with zero attached hydrogens (tertiary/aromatic N) is 1. The summed E-state index contributed by atoms with van der Waals surface area (Å²) in [6, 6.07) is 11.0. The Morgan fingerprint density at radius 3 is 2.79 bits per heavy atom. The summed E-state index contributed by atoms with van der Waals surface area (Å²) in [6.07, 6.45) is 2.66.